The summed E-state index contributed by atoms with van der Waals surface area (Å²) < 4.78 is 7.14. The van der Waals surface area contributed by atoms with Crippen LogP contribution in [0.1, 0.15) is 29.0 Å². The molecule has 2 nitrogen and oxygen atoms in total. The summed E-state index contributed by atoms with van der Waals surface area (Å²) in [6.07, 6.45) is 0.978. The van der Waals surface area contributed by atoms with Crippen LogP contribution in [0, 0.1) is 0 Å². The third-order valence-electron chi connectivity index (χ3n) is 3.99. The van der Waals surface area contributed by atoms with Crippen molar-refractivity contribution in [2.75, 3.05) is 6.54 Å². The Hall–Kier alpha value is -1.62. The number of halogens is 1. The Bertz CT molecular complexity index is 787. The van der Waals surface area contributed by atoms with Crippen LogP contribution in [0.3, 0.4) is 0 Å². The largest absolute Gasteiger partial charge is 0.489 e. The number of nitrogens with one attached hydrogen (secondary N) is 1. The predicted molar refractivity (Wildman–Crippen MR) is 109 cm³/mol. The van der Waals surface area contributed by atoms with Crippen LogP contribution in [0.15, 0.2) is 70.5 Å². The summed E-state index contributed by atoms with van der Waals surface area (Å²) in [6, 6.07) is 21.2. The lowest BCUT2D eigenvalue weighted by Gasteiger charge is -2.18. The molecule has 4 heteroatoms. The number of rotatable bonds is 8. The van der Waals surface area contributed by atoms with Gasteiger partial charge in [-0.25, -0.2) is 0 Å². The Kier molecular flexibility index (Phi) is 6.68. The van der Waals surface area contributed by atoms with Gasteiger partial charge in [-0.2, -0.15) is 0 Å². The Morgan fingerprint density at radius 1 is 1.08 bits per heavy atom. The molecular formula is C21H22BrNOS. The molecule has 0 amide bonds. The molecule has 0 aliphatic rings. The van der Waals surface area contributed by atoms with Gasteiger partial charge in [-0.15, -0.1) is 11.3 Å². The van der Waals surface area contributed by atoms with E-state index >= 15 is 0 Å². The lowest BCUT2D eigenvalue weighted by atomic mass is 10.0. The zero-order chi connectivity index (χ0) is 17.5. The molecule has 1 atom stereocenters. The van der Waals surface area contributed by atoms with Gasteiger partial charge in [-0.1, -0.05) is 49.4 Å². The minimum atomic E-state index is 0.288. The van der Waals surface area contributed by atoms with Crippen molar-refractivity contribution in [3.05, 3.63) is 86.5 Å². The van der Waals surface area contributed by atoms with Gasteiger partial charge < -0.3 is 10.1 Å². The highest BCUT2D eigenvalue weighted by Gasteiger charge is 2.13. The van der Waals surface area contributed by atoms with Gasteiger partial charge in [0.25, 0.3) is 0 Å². The number of thiophene rings is 1. The van der Waals surface area contributed by atoms with Gasteiger partial charge in [0.1, 0.15) is 12.4 Å². The summed E-state index contributed by atoms with van der Waals surface area (Å²) in [5.74, 6) is 0.914. The van der Waals surface area contributed by atoms with Crippen LogP contribution < -0.4 is 10.1 Å². The van der Waals surface area contributed by atoms with E-state index in [1.807, 2.05) is 24.3 Å². The summed E-state index contributed by atoms with van der Waals surface area (Å²) >= 11 is 5.33. The highest BCUT2D eigenvalue weighted by Crippen LogP contribution is 2.27. The van der Waals surface area contributed by atoms with Crippen LogP contribution in [0.25, 0.3) is 0 Å². The van der Waals surface area contributed by atoms with E-state index in [1.165, 1.54) is 16.0 Å². The molecule has 0 aliphatic carbocycles. The molecule has 1 N–H and O–H groups in total. The van der Waals surface area contributed by atoms with Gasteiger partial charge >= 0.3 is 0 Å². The minimum absolute atomic E-state index is 0.288. The van der Waals surface area contributed by atoms with E-state index in [9.17, 15) is 0 Å². The van der Waals surface area contributed by atoms with Crippen LogP contribution >= 0.6 is 27.3 Å². The SMILES string of the molecule is CCNC(Cc1cc(Br)cs1)c1cccc(OCc2ccccc2)c1. The molecule has 130 valence electrons. The van der Waals surface area contributed by atoms with Crippen molar-refractivity contribution in [1.82, 2.24) is 5.32 Å². The quantitative estimate of drug-likeness (QED) is 0.488. The molecule has 0 bridgehead atoms. The van der Waals surface area contributed by atoms with E-state index < -0.39 is 0 Å². The van der Waals surface area contributed by atoms with E-state index in [0.29, 0.717) is 6.61 Å². The van der Waals surface area contributed by atoms with Crippen molar-refractivity contribution in [2.24, 2.45) is 0 Å². The molecule has 0 saturated heterocycles. The molecule has 0 radical (unpaired) electrons. The lowest BCUT2D eigenvalue weighted by molar-refractivity contribution is 0.305. The maximum Gasteiger partial charge on any atom is 0.120 e. The molecule has 0 spiro atoms. The number of benzene rings is 2. The van der Waals surface area contributed by atoms with Crippen LogP contribution in [-0.4, -0.2) is 6.54 Å². The van der Waals surface area contributed by atoms with Crippen molar-refractivity contribution >= 4 is 27.3 Å². The Balaban J connectivity index is 1.70. The number of ether oxygens (including phenoxy) is 1. The summed E-state index contributed by atoms with van der Waals surface area (Å²) in [7, 11) is 0. The molecule has 2 aromatic carbocycles. The van der Waals surface area contributed by atoms with E-state index in [1.54, 1.807) is 11.3 Å². The summed E-state index contributed by atoms with van der Waals surface area (Å²) in [5, 5.41) is 5.73. The zero-order valence-corrected chi connectivity index (χ0v) is 16.6. The first-order valence-corrected chi connectivity index (χ1v) is 10.1. The van der Waals surface area contributed by atoms with E-state index in [2.05, 4.69) is 69.9 Å². The topological polar surface area (TPSA) is 21.3 Å². The van der Waals surface area contributed by atoms with Crippen LogP contribution in [0.5, 0.6) is 5.75 Å². The maximum absolute atomic E-state index is 5.98. The first-order valence-electron chi connectivity index (χ1n) is 8.47. The van der Waals surface area contributed by atoms with Crippen LogP contribution in [0.2, 0.25) is 0 Å². The fourth-order valence-electron chi connectivity index (χ4n) is 2.78. The Labute approximate surface area is 162 Å². The number of hydrogen-bond acceptors (Lipinski definition) is 3. The first-order chi connectivity index (χ1) is 12.2. The standard InChI is InChI=1S/C21H22BrNOS/c1-2-23-21(13-20-12-18(22)15-25-20)17-9-6-10-19(11-17)24-14-16-7-4-3-5-8-16/h3-12,15,21,23H,2,13-14H2,1H3. The van der Waals surface area contributed by atoms with Crippen molar-refractivity contribution in [3.63, 3.8) is 0 Å². The van der Waals surface area contributed by atoms with E-state index in [0.717, 1.165) is 23.2 Å². The smallest absolute Gasteiger partial charge is 0.120 e. The van der Waals surface area contributed by atoms with Crippen molar-refractivity contribution in [2.45, 2.75) is 26.0 Å². The molecule has 1 heterocycles. The first kappa shape index (κ1) is 18.2. The third-order valence-corrected chi connectivity index (χ3v) is 5.71. The van der Waals surface area contributed by atoms with Gasteiger partial charge in [0.05, 0.1) is 0 Å². The van der Waals surface area contributed by atoms with E-state index in [-0.39, 0.29) is 6.04 Å². The number of likely N-dealkylation sites (N-methyl/N-ethyl adjacent to an activating group) is 1. The summed E-state index contributed by atoms with van der Waals surface area (Å²) in [4.78, 5) is 1.37. The van der Waals surface area contributed by atoms with Crippen LogP contribution in [0.4, 0.5) is 0 Å². The molecule has 0 fully saturated rings. The molecule has 0 aliphatic heterocycles. The van der Waals surface area contributed by atoms with Crippen LogP contribution in [-0.2, 0) is 13.0 Å². The van der Waals surface area contributed by atoms with Gasteiger partial charge in [-0.3, -0.25) is 0 Å². The normalized spacial score (nSPS) is 12.1. The summed E-state index contributed by atoms with van der Waals surface area (Å²) in [5.41, 5.74) is 2.44. The number of hydrogen-bond donors (Lipinski definition) is 1. The second kappa shape index (κ2) is 9.18. The van der Waals surface area contributed by atoms with Crippen molar-refractivity contribution in [3.8, 4) is 5.75 Å². The molecule has 0 saturated carbocycles. The molecule has 1 unspecified atom stereocenters. The van der Waals surface area contributed by atoms with Gasteiger partial charge in [0, 0.05) is 27.2 Å². The molecular weight excluding hydrogens is 394 g/mol. The van der Waals surface area contributed by atoms with Crippen molar-refractivity contribution in [1.29, 1.82) is 0 Å². The monoisotopic (exact) mass is 415 g/mol. The zero-order valence-electron chi connectivity index (χ0n) is 14.2. The predicted octanol–water partition coefficient (Wildman–Crippen LogP) is 5.98. The average Bonchev–Trinajstić information content (AvgIpc) is 3.06. The minimum Gasteiger partial charge on any atom is -0.489 e. The second-order valence-electron chi connectivity index (χ2n) is 5.89. The molecule has 3 aromatic rings. The van der Waals surface area contributed by atoms with Gasteiger partial charge in [0.15, 0.2) is 0 Å². The fraction of sp³-hybridized carbons (Fsp3) is 0.238. The van der Waals surface area contributed by atoms with Gasteiger partial charge in [-0.05, 0) is 51.8 Å². The second-order valence-corrected chi connectivity index (χ2v) is 7.80. The maximum atomic E-state index is 5.98. The highest BCUT2D eigenvalue weighted by atomic mass is 79.9. The molecule has 1 aromatic heterocycles. The van der Waals surface area contributed by atoms with Gasteiger partial charge in [0.2, 0.25) is 0 Å². The highest BCUT2D eigenvalue weighted by molar-refractivity contribution is 9.10. The van der Waals surface area contributed by atoms with E-state index in [4.69, 9.17) is 4.74 Å². The average molecular weight is 416 g/mol. The van der Waals surface area contributed by atoms with Crippen molar-refractivity contribution < 1.29 is 4.74 Å². The Morgan fingerprint density at radius 3 is 2.64 bits per heavy atom. The Morgan fingerprint density at radius 2 is 1.92 bits per heavy atom. The third kappa shape index (κ3) is 5.43. The summed E-state index contributed by atoms with van der Waals surface area (Å²) in [6.45, 7) is 3.67. The fourth-order valence-corrected chi connectivity index (χ4v) is 4.28. The molecule has 25 heavy (non-hydrogen) atoms. The lowest BCUT2D eigenvalue weighted by Crippen LogP contribution is -2.22. The molecule has 3 rings (SSSR count).